The van der Waals surface area contributed by atoms with Crippen molar-refractivity contribution in [3.63, 3.8) is 0 Å². The minimum absolute atomic E-state index is 0.0115. The monoisotopic (exact) mass is 694 g/mol. The summed E-state index contributed by atoms with van der Waals surface area (Å²) in [5, 5.41) is 23.8. The molecule has 2 saturated carbocycles. The van der Waals surface area contributed by atoms with Crippen molar-refractivity contribution >= 4 is 41.0 Å². The first-order chi connectivity index (χ1) is 22.6. The molecule has 0 aliphatic heterocycles. The average molecular weight is 695 g/mol. The van der Waals surface area contributed by atoms with E-state index in [1.165, 1.54) is 6.08 Å². The third kappa shape index (κ3) is 6.64. The van der Waals surface area contributed by atoms with Crippen molar-refractivity contribution in [3.8, 4) is 0 Å². The van der Waals surface area contributed by atoms with Gasteiger partial charge < -0.3 is 24.7 Å². The van der Waals surface area contributed by atoms with Gasteiger partial charge in [0, 0.05) is 42.6 Å². The van der Waals surface area contributed by atoms with Crippen molar-refractivity contribution in [1.29, 1.82) is 0 Å². The minimum atomic E-state index is -1.69. The van der Waals surface area contributed by atoms with Crippen LogP contribution in [-0.4, -0.2) is 75.9 Å². The molecule has 0 radical (unpaired) electrons. The number of ketones is 2. The number of hydrogen-bond donors (Lipinski definition) is 2. The Labute approximate surface area is 285 Å². The van der Waals surface area contributed by atoms with Gasteiger partial charge in [-0.15, -0.1) is 21.7 Å². The summed E-state index contributed by atoms with van der Waals surface area (Å²) in [5.41, 5.74) is -2.64. The molecule has 4 aliphatic rings. The highest BCUT2D eigenvalue weighted by molar-refractivity contribution is 6.26. The lowest BCUT2D eigenvalue weighted by Crippen LogP contribution is -2.69. The van der Waals surface area contributed by atoms with Gasteiger partial charge in [0.15, 0.2) is 18.0 Å². The zero-order valence-corrected chi connectivity index (χ0v) is 28.8. The Morgan fingerprint density at radius 2 is 1.85 bits per heavy atom. The maximum Gasteiger partial charge on any atom is 0.308 e. The summed E-state index contributed by atoms with van der Waals surface area (Å²) >= 11 is 7.53. The highest BCUT2D eigenvalue weighted by atomic mass is 35.5. The van der Waals surface area contributed by atoms with Gasteiger partial charge in [-0.05, 0) is 50.0 Å². The number of ether oxygens (including phenoxy) is 2. The van der Waals surface area contributed by atoms with E-state index >= 15 is 0 Å². The highest BCUT2D eigenvalue weighted by Gasteiger charge is 2.76. The van der Waals surface area contributed by atoms with E-state index in [2.05, 4.69) is 10.2 Å². The highest BCUT2D eigenvalue weighted by Crippen LogP contribution is 2.71. The number of fused-ring (bicyclic) bond motifs is 5. The summed E-state index contributed by atoms with van der Waals surface area (Å²) in [7, 11) is 0. The number of hydrogen-bond acceptors (Lipinski definition) is 11. The maximum atomic E-state index is 14.2. The van der Waals surface area contributed by atoms with Crippen LogP contribution in [0.1, 0.15) is 91.9 Å². The molecule has 266 valence electrons. The number of alkyl halides is 1. The Hall–Kier alpha value is -3.32. The van der Waals surface area contributed by atoms with E-state index in [9.17, 15) is 39.2 Å². The van der Waals surface area contributed by atoms with E-state index in [1.807, 2.05) is 26.8 Å². The third-order valence-electron chi connectivity index (χ3n) is 11.4. The summed E-state index contributed by atoms with van der Waals surface area (Å²) in [6, 6.07) is 0. The van der Waals surface area contributed by atoms with E-state index in [4.69, 9.17) is 21.1 Å². The fraction of sp³-hybridized carbons (Fsp3) is 0.735. The molecule has 0 aromatic heterocycles. The van der Waals surface area contributed by atoms with Crippen LogP contribution in [0.3, 0.4) is 0 Å². The molecular weight excluding hydrogens is 648 g/mol. The molecular formula is C34H47ClN2O11. The number of carbonyl (C=O) groups excluding carboxylic acids is 5. The number of aliphatic hydroxyl groups is 1. The van der Waals surface area contributed by atoms with E-state index in [0.717, 1.165) is 5.57 Å². The van der Waals surface area contributed by atoms with Crippen LogP contribution >= 0.6 is 11.6 Å². The van der Waals surface area contributed by atoms with Crippen LogP contribution in [-0.2, 0) is 38.3 Å². The quantitative estimate of drug-likeness (QED) is 0.0631. The van der Waals surface area contributed by atoms with Crippen molar-refractivity contribution in [2.24, 2.45) is 28.6 Å². The average Bonchev–Trinajstić information content (AvgIpc) is 3.24. The molecule has 0 aromatic rings. The Kier molecular flexibility index (Phi) is 11.4. The fourth-order valence-electron chi connectivity index (χ4n) is 8.98. The van der Waals surface area contributed by atoms with Crippen molar-refractivity contribution in [1.82, 2.24) is 5.32 Å². The molecule has 0 bridgehead atoms. The normalized spacial score (nSPS) is 35.0. The minimum Gasteiger partial charge on any atom is -0.457 e. The first kappa shape index (κ1) is 37.5. The second-order valence-electron chi connectivity index (χ2n) is 14.0. The van der Waals surface area contributed by atoms with Crippen LogP contribution < -0.4 is 5.32 Å². The molecule has 4 aliphatic carbocycles. The predicted molar refractivity (Wildman–Crippen MR) is 172 cm³/mol. The molecule has 2 N–H and O–H groups in total. The number of carbonyl (C=O) groups is 5. The number of amides is 1. The number of nitrogens with zero attached hydrogens (tertiary/aromatic N) is 1. The van der Waals surface area contributed by atoms with Crippen LogP contribution in [0.25, 0.3) is 0 Å². The maximum absolute atomic E-state index is 14.2. The van der Waals surface area contributed by atoms with Gasteiger partial charge in [-0.3, -0.25) is 24.0 Å². The lowest BCUT2D eigenvalue weighted by molar-refractivity contribution is -0.757. The van der Waals surface area contributed by atoms with Crippen molar-refractivity contribution in [2.45, 2.75) is 108 Å². The zero-order valence-electron chi connectivity index (χ0n) is 28.1. The zero-order chi connectivity index (χ0) is 35.5. The van der Waals surface area contributed by atoms with Gasteiger partial charge in [0.1, 0.15) is 0 Å². The lowest BCUT2D eigenvalue weighted by Gasteiger charge is -2.63. The Morgan fingerprint density at radius 1 is 1.12 bits per heavy atom. The number of halogens is 1. The van der Waals surface area contributed by atoms with Crippen LogP contribution in [0.5, 0.6) is 0 Å². The molecule has 48 heavy (non-hydrogen) atoms. The molecule has 0 aromatic carbocycles. The number of Topliss-reactive ketones (excluding diaryl/α,β-unsaturated/α-hetero) is 1. The number of unbranched alkanes of at least 4 members (excludes halogenated alkanes) is 2. The summed E-state index contributed by atoms with van der Waals surface area (Å²) < 4.78 is 11.5. The lowest BCUT2D eigenvalue weighted by atomic mass is 9.46. The second kappa shape index (κ2) is 14.7. The third-order valence-corrected chi connectivity index (χ3v) is 12.3. The topological polar surface area (TPSA) is 188 Å². The van der Waals surface area contributed by atoms with Crippen LogP contribution in [0, 0.1) is 38.7 Å². The molecule has 13 nitrogen and oxygen atoms in total. The number of nitrogens with one attached hydrogen (secondary N) is 1. The van der Waals surface area contributed by atoms with E-state index in [1.54, 1.807) is 13.0 Å². The molecule has 0 saturated heterocycles. The van der Waals surface area contributed by atoms with E-state index in [-0.39, 0.29) is 68.8 Å². The van der Waals surface area contributed by atoms with Gasteiger partial charge in [-0.1, -0.05) is 51.8 Å². The van der Waals surface area contributed by atoms with Crippen molar-refractivity contribution < 1.29 is 48.5 Å². The second-order valence-corrected chi connectivity index (χ2v) is 14.6. The van der Waals surface area contributed by atoms with Crippen LogP contribution in [0.4, 0.5) is 0 Å². The molecule has 0 spiro atoms. The first-order valence-electron chi connectivity index (χ1n) is 16.8. The standard InChI is InChI=1S/C34H47ClN2O11/c1-5-29(42)48-34(27(40)20-46-30(43)13-15-36-28(41)9-7-6-8-16-47-37(44)45)21(2)17-25-24-11-10-22-18-23(38)12-14-31(22,3)33(24,35)26(39)19-32(25,34)4/h10,12,14,21,24-26,39H,5-9,11,13,15-20H2,1-4H3,(H,36,41)/t21-,24-,25-,26-,31-,32-,33-,34-/m0/s1. The van der Waals surface area contributed by atoms with Gasteiger partial charge in [-0.25, -0.2) is 0 Å². The summed E-state index contributed by atoms with van der Waals surface area (Å²) in [5.74, 6) is -3.22. The summed E-state index contributed by atoms with van der Waals surface area (Å²) in [6.45, 7) is 6.57. The van der Waals surface area contributed by atoms with Gasteiger partial charge in [0.05, 0.1) is 24.0 Å². The molecule has 8 atom stereocenters. The van der Waals surface area contributed by atoms with Gasteiger partial charge in [0.2, 0.25) is 11.7 Å². The van der Waals surface area contributed by atoms with Crippen LogP contribution in [0.2, 0.25) is 0 Å². The Morgan fingerprint density at radius 3 is 2.54 bits per heavy atom. The van der Waals surface area contributed by atoms with Crippen LogP contribution in [0.15, 0.2) is 23.8 Å². The number of rotatable bonds is 15. The number of aliphatic hydroxyl groups excluding tert-OH is 1. The molecule has 0 unspecified atom stereocenters. The largest absolute Gasteiger partial charge is 0.457 e. The predicted octanol–water partition coefficient (Wildman–Crippen LogP) is 3.95. The first-order valence-corrected chi connectivity index (χ1v) is 17.2. The van der Waals surface area contributed by atoms with Crippen molar-refractivity contribution in [3.05, 3.63) is 33.9 Å². The molecule has 14 heteroatoms. The van der Waals surface area contributed by atoms with Gasteiger partial charge in [0.25, 0.3) is 5.09 Å². The Bertz CT molecular complexity index is 1380. The Balaban J connectivity index is 1.44. The smallest absolute Gasteiger partial charge is 0.308 e. The molecule has 1 amide bonds. The molecule has 0 heterocycles. The van der Waals surface area contributed by atoms with E-state index in [0.29, 0.717) is 32.1 Å². The number of allylic oxidation sites excluding steroid dienone is 4. The van der Waals surface area contributed by atoms with Gasteiger partial charge >= 0.3 is 11.9 Å². The SMILES string of the molecule is CCC(=O)O[C@]1(C(=O)COC(=O)CCNC(=O)CCCCCO[N+](=O)[O-])[C@@H](C)C[C@H]2[C@@H]3CC=C4CC(=O)C=C[C@]4(C)[C@@]3(Cl)[C@@H](O)C[C@@]21C. The summed E-state index contributed by atoms with van der Waals surface area (Å²) in [6.07, 6.45) is 6.99. The van der Waals surface area contributed by atoms with Crippen molar-refractivity contribution in [2.75, 3.05) is 19.8 Å². The van der Waals surface area contributed by atoms with Gasteiger partial charge in [-0.2, -0.15) is 0 Å². The fourth-order valence-corrected chi connectivity index (χ4v) is 9.48. The summed E-state index contributed by atoms with van der Waals surface area (Å²) in [4.78, 5) is 77.4. The molecule has 2 fully saturated rings. The number of esters is 2. The molecule has 4 rings (SSSR count). The van der Waals surface area contributed by atoms with E-state index < -0.39 is 62.7 Å².